The molecule has 0 spiro atoms. The molecule has 0 aliphatic heterocycles. The average Bonchev–Trinajstić information content (AvgIpc) is 2.57. The highest BCUT2D eigenvalue weighted by atomic mass is 35.5. The maximum Gasteiger partial charge on any atom is 0.233 e. The van der Waals surface area contributed by atoms with E-state index < -0.39 is 5.91 Å². The lowest BCUT2D eigenvalue weighted by Gasteiger charge is -2.11. The highest BCUT2D eigenvalue weighted by molar-refractivity contribution is 6.35. The monoisotopic (exact) mass is 394 g/mol. The van der Waals surface area contributed by atoms with Gasteiger partial charge in [-0.3, -0.25) is 9.59 Å². The molecule has 2 N–H and O–H groups in total. The van der Waals surface area contributed by atoms with Crippen LogP contribution < -0.4 is 15.4 Å². The smallest absolute Gasteiger partial charge is 0.233 e. The van der Waals surface area contributed by atoms with Gasteiger partial charge in [0.1, 0.15) is 12.2 Å². The van der Waals surface area contributed by atoms with Crippen molar-refractivity contribution in [2.45, 2.75) is 19.8 Å². The summed E-state index contributed by atoms with van der Waals surface area (Å²) >= 11 is 11.9. The van der Waals surface area contributed by atoms with Gasteiger partial charge >= 0.3 is 0 Å². The van der Waals surface area contributed by atoms with Crippen LogP contribution in [0, 0.1) is 6.92 Å². The van der Waals surface area contributed by atoms with Gasteiger partial charge in [0.25, 0.3) is 0 Å². The third kappa shape index (κ3) is 5.93. The summed E-state index contributed by atoms with van der Waals surface area (Å²) in [6.45, 7) is 2.28. The first-order valence-electron chi connectivity index (χ1n) is 8.04. The van der Waals surface area contributed by atoms with E-state index in [1.807, 2.05) is 19.1 Å². The third-order valence-corrected chi connectivity index (χ3v) is 4.27. The molecule has 0 bridgehead atoms. The molecule has 26 heavy (non-hydrogen) atoms. The summed E-state index contributed by atoms with van der Waals surface area (Å²) in [6, 6.07) is 10.6. The molecule has 0 aliphatic rings. The summed E-state index contributed by atoms with van der Waals surface area (Å²) < 4.78 is 5.20. The highest BCUT2D eigenvalue weighted by Crippen LogP contribution is 2.25. The largest absolute Gasteiger partial charge is 0.495 e. The van der Waals surface area contributed by atoms with Crippen LogP contribution in [0.5, 0.6) is 5.75 Å². The minimum absolute atomic E-state index is 0.272. The number of carbonyl (C=O) groups excluding carboxylic acids is 2. The number of methoxy groups -OCH3 is 1. The zero-order valence-electron chi connectivity index (χ0n) is 14.6. The van der Waals surface area contributed by atoms with E-state index in [-0.39, 0.29) is 12.3 Å². The van der Waals surface area contributed by atoms with Gasteiger partial charge in [0.2, 0.25) is 11.8 Å². The van der Waals surface area contributed by atoms with E-state index in [4.69, 9.17) is 27.9 Å². The standard InChI is InChI=1S/C19H20Cl2N2O3/c1-12-3-6-17(26-2)16(9-12)23-19(25)11-18(24)22-8-7-13-4-5-14(20)10-15(13)21/h3-6,9-10H,7-8,11H2,1-2H3,(H,22,24)(H,23,25). The van der Waals surface area contributed by atoms with Crippen molar-refractivity contribution in [2.24, 2.45) is 0 Å². The van der Waals surface area contributed by atoms with Gasteiger partial charge in [0.15, 0.2) is 0 Å². The lowest BCUT2D eigenvalue weighted by atomic mass is 10.1. The van der Waals surface area contributed by atoms with Gasteiger partial charge < -0.3 is 15.4 Å². The zero-order valence-corrected chi connectivity index (χ0v) is 16.1. The van der Waals surface area contributed by atoms with Gasteiger partial charge in [0.05, 0.1) is 12.8 Å². The number of benzene rings is 2. The molecular formula is C19H20Cl2N2O3. The molecule has 2 aromatic carbocycles. The number of carbonyl (C=O) groups is 2. The van der Waals surface area contributed by atoms with E-state index in [0.717, 1.165) is 11.1 Å². The van der Waals surface area contributed by atoms with Crippen molar-refractivity contribution in [3.05, 3.63) is 57.6 Å². The Balaban J connectivity index is 1.82. The minimum Gasteiger partial charge on any atom is -0.495 e. The Labute approximate surface area is 162 Å². The number of ether oxygens (including phenoxy) is 1. The summed E-state index contributed by atoms with van der Waals surface area (Å²) in [7, 11) is 1.52. The molecule has 7 heteroatoms. The Morgan fingerprint density at radius 2 is 1.85 bits per heavy atom. The van der Waals surface area contributed by atoms with Crippen LogP contribution in [-0.2, 0) is 16.0 Å². The molecule has 138 valence electrons. The predicted molar refractivity (Wildman–Crippen MR) is 104 cm³/mol. The first-order valence-corrected chi connectivity index (χ1v) is 8.79. The Bertz CT molecular complexity index is 809. The van der Waals surface area contributed by atoms with Crippen LogP contribution >= 0.6 is 23.2 Å². The molecule has 0 heterocycles. The van der Waals surface area contributed by atoms with Gasteiger partial charge in [-0.05, 0) is 48.7 Å². The number of aryl methyl sites for hydroxylation is 1. The second-order valence-corrected chi connectivity index (χ2v) is 6.61. The maximum atomic E-state index is 12.1. The molecule has 0 atom stereocenters. The molecule has 2 amide bonds. The van der Waals surface area contributed by atoms with Gasteiger partial charge in [-0.1, -0.05) is 35.3 Å². The molecular weight excluding hydrogens is 375 g/mol. The van der Waals surface area contributed by atoms with Crippen molar-refractivity contribution in [1.29, 1.82) is 0 Å². The van der Waals surface area contributed by atoms with E-state index in [9.17, 15) is 9.59 Å². The topological polar surface area (TPSA) is 67.4 Å². The molecule has 0 aliphatic carbocycles. The van der Waals surface area contributed by atoms with Gasteiger partial charge in [-0.15, -0.1) is 0 Å². The summed E-state index contributed by atoms with van der Waals surface area (Å²) in [5.74, 6) is -0.225. The van der Waals surface area contributed by atoms with Crippen LogP contribution in [0.15, 0.2) is 36.4 Å². The Morgan fingerprint density at radius 3 is 2.54 bits per heavy atom. The van der Waals surface area contributed by atoms with E-state index in [1.165, 1.54) is 7.11 Å². The van der Waals surface area contributed by atoms with Crippen LogP contribution in [0.4, 0.5) is 5.69 Å². The Morgan fingerprint density at radius 1 is 1.08 bits per heavy atom. The molecule has 0 radical (unpaired) electrons. The second-order valence-electron chi connectivity index (χ2n) is 5.76. The quantitative estimate of drug-likeness (QED) is 0.697. The van der Waals surface area contributed by atoms with Crippen molar-refractivity contribution in [3.63, 3.8) is 0 Å². The molecule has 0 saturated carbocycles. The predicted octanol–water partition coefficient (Wildman–Crippen LogP) is 4.00. The first-order chi connectivity index (χ1) is 12.4. The number of hydrogen-bond acceptors (Lipinski definition) is 3. The molecule has 2 rings (SSSR count). The lowest BCUT2D eigenvalue weighted by Crippen LogP contribution is -2.29. The zero-order chi connectivity index (χ0) is 19.1. The summed E-state index contributed by atoms with van der Waals surface area (Å²) in [5.41, 5.74) is 2.40. The van der Waals surface area contributed by atoms with Crippen LogP contribution in [-0.4, -0.2) is 25.5 Å². The fraction of sp³-hybridized carbons (Fsp3) is 0.263. The molecule has 0 saturated heterocycles. The highest BCUT2D eigenvalue weighted by Gasteiger charge is 2.12. The number of amides is 2. The van der Waals surface area contributed by atoms with Crippen molar-refractivity contribution in [3.8, 4) is 5.75 Å². The molecule has 0 aromatic heterocycles. The minimum atomic E-state index is -0.407. The van der Waals surface area contributed by atoms with Crippen LogP contribution in [0.1, 0.15) is 17.5 Å². The molecule has 0 fully saturated rings. The Kier molecular flexibility index (Phi) is 7.30. The lowest BCUT2D eigenvalue weighted by molar-refractivity contribution is -0.126. The van der Waals surface area contributed by atoms with E-state index in [0.29, 0.717) is 34.4 Å². The van der Waals surface area contributed by atoms with Crippen LogP contribution in [0.3, 0.4) is 0 Å². The van der Waals surface area contributed by atoms with Gasteiger partial charge in [0, 0.05) is 16.6 Å². The van der Waals surface area contributed by atoms with Crippen LogP contribution in [0.2, 0.25) is 10.0 Å². The third-order valence-electron chi connectivity index (χ3n) is 3.68. The van der Waals surface area contributed by atoms with E-state index in [1.54, 1.807) is 24.3 Å². The number of rotatable bonds is 7. The summed E-state index contributed by atoms with van der Waals surface area (Å²) in [4.78, 5) is 24.0. The normalized spacial score (nSPS) is 10.3. The number of hydrogen-bond donors (Lipinski definition) is 2. The van der Waals surface area contributed by atoms with Crippen molar-refractivity contribution in [2.75, 3.05) is 19.0 Å². The first kappa shape index (κ1) is 20.1. The number of nitrogens with one attached hydrogen (secondary N) is 2. The number of halogens is 2. The van der Waals surface area contributed by atoms with Crippen molar-refractivity contribution >= 4 is 40.7 Å². The summed E-state index contributed by atoms with van der Waals surface area (Å²) in [5, 5.41) is 6.52. The fourth-order valence-corrected chi connectivity index (χ4v) is 2.89. The van der Waals surface area contributed by atoms with Crippen LogP contribution in [0.25, 0.3) is 0 Å². The van der Waals surface area contributed by atoms with E-state index >= 15 is 0 Å². The summed E-state index contributed by atoms with van der Waals surface area (Å²) in [6.07, 6.45) is 0.278. The van der Waals surface area contributed by atoms with Crippen molar-refractivity contribution in [1.82, 2.24) is 5.32 Å². The Hall–Kier alpha value is -2.24. The maximum absolute atomic E-state index is 12.1. The van der Waals surface area contributed by atoms with Gasteiger partial charge in [-0.25, -0.2) is 0 Å². The van der Waals surface area contributed by atoms with Crippen molar-refractivity contribution < 1.29 is 14.3 Å². The molecule has 2 aromatic rings. The molecule has 5 nitrogen and oxygen atoms in total. The fourth-order valence-electron chi connectivity index (χ4n) is 2.38. The second kappa shape index (κ2) is 9.46. The van der Waals surface area contributed by atoms with E-state index in [2.05, 4.69) is 10.6 Å². The number of anilines is 1. The van der Waals surface area contributed by atoms with Gasteiger partial charge in [-0.2, -0.15) is 0 Å². The SMILES string of the molecule is COc1ccc(C)cc1NC(=O)CC(=O)NCCc1ccc(Cl)cc1Cl. The molecule has 0 unspecified atom stereocenters. The average molecular weight is 395 g/mol.